The van der Waals surface area contributed by atoms with Crippen molar-refractivity contribution in [2.24, 2.45) is 17.3 Å². The molecule has 2 heteroatoms. The molecule has 0 aliphatic heterocycles. The average molecular weight is 240 g/mol. The summed E-state index contributed by atoms with van der Waals surface area (Å²) in [5, 5.41) is 9.65. The Bertz CT molecular complexity index is 237. The molecule has 1 fully saturated rings. The first-order valence-electron chi connectivity index (χ1n) is 7.22. The molecule has 0 aromatic rings. The first-order valence-corrected chi connectivity index (χ1v) is 7.22. The van der Waals surface area contributed by atoms with E-state index in [0.29, 0.717) is 11.8 Å². The van der Waals surface area contributed by atoms with Gasteiger partial charge in [-0.25, -0.2) is 0 Å². The van der Waals surface area contributed by atoms with E-state index in [1.54, 1.807) is 0 Å². The first-order chi connectivity index (χ1) is 7.99. The van der Waals surface area contributed by atoms with E-state index in [4.69, 9.17) is 0 Å². The molecule has 1 unspecified atom stereocenters. The summed E-state index contributed by atoms with van der Waals surface area (Å²) in [4.78, 5) is 11.7. The van der Waals surface area contributed by atoms with Crippen molar-refractivity contribution in [1.82, 2.24) is 0 Å². The summed E-state index contributed by atoms with van der Waals surface area (Å²) < 4.78 is 0. The molecule has 0 bridgehead atoms. The van der Waals surface area contributed by atoms with Crippen LogP contribution in [-0.2, 0) is 4.79 Å². The molecule has 0 radical (unpaired) electrons. The summed E-state index contributed by atoms with van der Waals surface area (Å²) in [6, 6.07) is 0. The fourth-order valence-electron chi connectivity index (χ4n) is 3.14. The molecule has 1 saturated carbocycles. The zero-order valence-corrected chi connectivity index (χ0v) is 11.7. The van der Waals surface area contributed by atoms with Gasteiger partial charge in [0.15, 0.2) is 0 Å². The Morgan fingerprint density at radius 1 is 1.06 bits per heavy atom. The van der Waals surface area contributed by atoms with Gasteiger partial charge in [0, 0.05) is 0 Å². The van der Waals surface area contributed by atoms with E-state index in [1.807, 2.05) is 0 Å². The molecule has 1 aliphatic carbocycles. The average Bonchev–Trinajstić information content (AvgIpc) is 2.51. The first kappa shape index (κ1) is 14.5. The molecule has 1 aliphatic rings. The van der Waals surface area contributed by atoms with Crippen molar-refractivity contribution in [2.45, 2.75) is 72.1 Å². The van der Waals surface area contributed by atoms with E-state index in [1.165, 1.54) is 12.8 Å². The van der Waals surface area contributed by atoms with Crippen molar-refractivity contribution in [3.63, 3.8) is 0 Å². The highest BCUT2D eigenvalue weighted by Crippen LogP contribution is 2.43. The lowest BCUT2D eigenvalue weighted by Gasteiger charge is -2.35. The number of carbonyl (C=O) groups is 1. The van der Waals surface area contributed by atoms with Gasteiger partial charge in [-0.1, -0.05) is 52.9 Å². The van der Waals surface area contributed by atoms with E-state index < -0.39 is 11.4 Å². The van der Waals surface area contributed by atoms with Crippen molar-refractivity contribution in [2.75, 3.05) is 0 Å². The molecule has 0 saturated heterocycles. The van der Waals surface area contributed by atoms with Crippen LogP contribution in [0.4, 0.5) is 0 Å². The Balaban J connectivity index is 2.71. The third-order valence-electron chi connectivity index (χ3n) is 4.54. The Kier molecular flexibility index (Phi) is 5.48. The molecule has 2 nitrogen and oxygen atoms in total. The van der Waals surface area contributed by atoms with Crippen molar-refractivity contribution in [1.29, 1.82) is 0 Å². The highest BCUT2D eigenvalue weighted by atomic mass is 16.4. The van der Waals surface area contributed by atoms with Crippen LogP contribution in [0, 0.1) is 17.3 Å². The van der Waals surface area contributed by atoms with Gasteiger partial charge in [-0.2, -0.15) is 0 Å². The van der Waals surface area contributed by atoms with Crippen LogP contribution in [0.3, 0.4) is 0 Å². The molecule has 1 rings (SSSR count). The topological polar surface area (TPSA) is 37.3 Å². The normalized spacial score (nSPS) is 22.1. The van der Waals surface area contributed by atoms with Gasteiger partial charge < -0.3 is 5.11 Å². The third-order valence-corrected chi connectivity index (χ3v) is 4.54. The Morgan fingerprint density at radius 3 is 2.00 bits per heavy atom. The second kappa shape index (κ2) is 6.42. The minimum atomic E-state index is -0.546. The smallest absolute Gasteiger partial charge is 0.309 e. The van der Waals surface area contributed by atoms with Crippen molar-refractivity contribution >= 4 is 5.97 Å². The summed E-state index contributed by atoms with van der Waals surface area (Å²) in [6.45, 7) is 6.59. The lowest BCUT2D eigenvalue weighted by atomic mass is 9.68. The number of aliphatic carboxylic acids is 1. The molecule has 1 N–H and O–H groups in total. The maximum atomic E-state index is 11.7. The van der Waals surface area contributed by atoms with Crippen LogP contribution in [0.5, 0.6) is 0 Å². The number of hydrogen-bond donors (Lipinski definition) is 1. The van der Waals surface area contributed by atoms with Crippen LogP contribution in [0.1, 0.15) is 72.1 Å². The summed E-state index contributed by atoms with van der Waals surface area (Å²) in [7, 11) is 0. The molecule has 0 heterocycles. The molecule has 0 aromatic carbocycles. The summed E-state index contributed by atoms with van der Waals surface area (Å²) in [6.07, 6.45) is 8.61. The highest BCUT2D eigenvalue weighted by Gasteiger charge is 2.42. The van der Waals surface area contributed by atoms with Gasteiger partial charge in [0.1, 0.15) is 0 Å². The largest absolute Gasteiger partial charge is 0.481 e. The van der Waals surface area contributed by atoms with Crippen LogP contribution in [-0.4, -0.2) is 11.1 Å². The Labute approximate surface area is 106 Å². The zero-order valence-electron chi connectivity index (χ0n) is 11.7. The van der Waals surface area contributed by atoms with Gasteiger partial charge in [-0.3, -0.25) is 4.79 Å². The van der Waals surface area contributed by atoms with Crippen LogP contribution in [0.2, 0.25) is 0 Å². The van der Waals surface area contributed by atoms with Gasteiger partial charge in [0.25, 0.3) is 0 Å². The maximum absolute atomic E-state index is 11.7. The monoisotopic (exact) mass is 240 g/mol. The van der Waals surface area contributed by atoms with E-state index in [0.717, 1.165) is 38.5 Å². The zero-order chi connectivity index (χ0) is 12.9. The molecule has 17 heavy (non-hydrogen) atoms. The molecule has 1 atom stereocenters. The predicted octanol–water partition coefficient (Wildman–Crippen LogP) is 4.48. The second-order valence-corrected chi connectivity index (χ2v) is 6.25. The maximum Gasteiger partial charge on any atom is 0.309 e. The van der Waals surface area contributed by atoms with E-state index in [-0.39, 0.29) is 0 Å². The number of hydrogen-bond acceptors (Lipinski definition) is 1. The number of carboxylic acid groups (broad SMARTS) is 1. The minimum Gasteiger partial charge on any atom is -0.481 e. The van der Waals surface area contributed by atoms with Crippen LogP contribution >= 0.6 is 0 Å². The van der Waals surface area contributed by atoms with Crippen LogP contribution in [0.15, 0.2) is 0 Å². The number of rotatable bonds is 5. The van der Waals surface area contributed by atoms with Crippen LogP contribution < -0.4 is 0 Å². The molecular weight excluding hydrogens is 212 g/mol. The SMILES string of the molecule is CC(C)CCC(C)C1(C(=O)O)CCCCCC1. The Hall–Kier alpha value is -0.530. The molecule has 0 aromatic heterocycles. The molecule has 100 valence electrons. The van der Waals surface area contributed by atoms with Gasteiger partial charge >= 0.3 is 5.97 Å². The standard InChI is InChI=1S/C15H28O2/c1-12(2)8-9-13(3)15(14(16)17)10-6-4-5-7-11-15/h12-13H,4-11H2,1-3H3,(H,16,17). The third kappa shape index (κ3) is 3.72. The van der Waals surface area contributed by atoms with Gasteiger partial charge in [-0.05, 0) is 31.1 Å². The molecule has 0 spiro atoms. The van der Waals surface area contributed by atoms with Gasteiger partial charge in [-0.15, -0.1) is 0 Å². The van der Waals surface area contributed by atoms with E-state index in [2.05, 4.69) is 20.8 Å². The second-order valence-electron chi connectivity index (χ2n) is 6.25. The Morgan fingerprint density at radius 2 is 1.59 bits per heavy atom. The fourth-order valence-corrected chi connectivity index (χ4v) is 3.14. The van der Waals surface area contributed by atoms with Gasteiger partial charge in [0.2, 0.25) is 0 Å². The van der Waals surface area contributed by atoms with E-state index >= 15 is 0 Å². The summed E-state index contributed by atoms with van der Waals surface area (Å²) in [5.74, 6) is 0.449. The highest BCUT2D eigenvalue weighted by molar-refractivity contribution is 5.75. The fraction of sp³-hybridized carbons (Fsp3) is 0.933. The summed E-state index contributed by atoms with van der Waals surface area (Å²) in [5.41, 5.74) is -0.425. The quantitative estimate of drug-likeness (QED) is 0.719. The lowest BCUT2D eigenvalue weighted by molar-refractivity contribution is -0.153. The van der Waals surface area contributed by atoms with Crippen molar-refractivity contribution < 1.29 is 9.90 Å². The lowest BCUT2D eigenvalue weighted by Crippen LogP contribution is -2.37. The summed E-state index contributed by atoms with van der Waals surface area (Å²) >= 11 is 0. The predicted molar refractivity (Wildman–Crippen MR) is 71.0 cm³/mol. The molecular formula is C15H28O2. The van der Waals surface area contributed by atoms with Crippen LogP contribution in [0.25, 0.3) is 0 Å². The minimum absolute atomic E-state index is 0.320. The van der Waals surface area contributed by atoms with Crippen molar-refractivity contribution in [3.05, 3.63) is 0 Å². The van der Waals surface area contributed by atoms with E-state index in [9.17, 15) is 9.90 Å². The van der Waals surface area contributed by atoms with Gasteiger partial charge in [0.05, 0.1) is 5.41 Å². The number of carboxylic acids is 1. The molecule has 0 amide bonds. The van der Waals surface area contributed by atoms with Crippen molar-refractivity contribution in [3.8, 4) is 0 Å².